The van der Waals surface area contributed by atoms with Crippen LogP contribution in [0, 0.1) is 5.92 Å². The van der Waals surface area contributed by atoms with Crippen LogP contribution >= 0.6 is 0 Å². The molecule has 0 radical (unpaired) electrons. The summed E-state index contributed by atoms with van der Waals surface area (Å²) in [5.74, 6) is 1.61. The van der Waals surface area contributed by atoms with Crippen LogP contribution in [0.25, 0.3) is 0 Å². The van der Waals surface area contributed by atoms with Crippen LogP contribution in [0.2, 0.25) is 0 Å². The topological polar surface area (TPSA) is 41.6 Å². The predicted octanol–water partition coefficient (Wildman–Crippen LogP) is 3.60. The minimum atomic E-state index is -0.441. The van der Waals surface area contributed by atoms with Crippen molar-refractivity contribution in [2.24, 2.45) is 5.92 Å². The van der Waals surface area contributed by atoms with Gasteiger partial charge in [0, 0.05) is 13.1 Å². The van der Waals surface area contributed by atoms with E-state index in [-0.39, 0.29) is 11.3 Å². The predicted molar refractivity (Wildman–Crippen MR) is 103 cm³/mol. The molecule has 1 aromatic carbocycles. The molecule has 140 valence electrons. The van der Waals surface area contributed by atoms with E-state index in [9.17, 15) is 4.79 Å². The zero-order chi connectivity index (χ0) is 18.4. The molecule has 4 heteroatoms. The Bertz CT molecular complexity index is 557. The van der Waals surface area contributed by atoms with Gasteiger partial charge < -0.3 is 15.0 Å². The summed E-state index contributed by atoms with van der Waals surface area (Å²) in [5.41, 5.74) is 1.29. The third kappa shape index (κ3) is 5.74. The van der Waals surface area contributed by atoms with Crippen molar-refractivity contribution in [3.8, 4) is 5.75 Å². The second kappa shape index (κ2) is 8.70. The maximum absolute atomic E-state index is 12.7. The molecule has 1 saturated heterocycles. The van der Waals surface area contributed by atoms with E-state index in [4.69, 9.17) is 4.74 Å². The van der Waals surface area contributed by atoms with Crippen molar-refractivity contribution >= 4 is 5.91 Å². The summed E-state index contributed by atoms with van der Waals surface area (Å²) in [5, 5.41) is 3.21. The number of ether oxygens (including phenoxy) is 1. The van der Waals surface area contributed by atoms with Crippen LogP contribution in [0.3, 0.4) is 0 Å². The lowest BCUT2D eigenvalue weighted by atomic mass is 9.87. The summed E-state index contributed by atoms with van der Waals surface area (Å²) in [4.78, 5) is 14.7. The fourth-order valence-corrected chi connectivity index (χ4v) is 3.34. The number of benzene rings is 1. The molecule has 0 aromatic heterocycles. The highest BCUT2D eigenvalue weighted by atomic mass is 16.5. The molecule has 25 heavy (non-hydrogen) atoms. The molecular formula is C21H34N2O2. The number of likely N-dealkylation sites (tertiary alicyclic amines) is 1. The average Bonchev–Trinajstić information content (AvgIpc) is 2.59. The molecule has 2 rings (SSSR count). The van der Waals surface area contributed by atoms with E-state index in [0.29, 0.717) is 0 Å². The standard InChI is InChI=1S/C21H34N2O2/c1-16(25-19-8-6-7-18(15-19)21(2,3)4)20(24)23-13-10-17(11-14-23)9-12-22-5/h6-8,15-17,22H,9-14H2,1-5H3. The normalized spacial score (nSPS) is 17.4. The van der Waals surface area contributed by atoms with Gasteiger partial charge in [-0.05, 0) is 68.8 Å². The third-order valence-electron chi connectivity index (χ3n) is 5.09. The molecule has 1 aromatic rings. The first-order valence-corrected chi connectivity index (χ1v) is 9.52. The van der Waals surface area contributed by atoms with Gasteiger partial charge in [0.1, 0.15) is 5.75 Å². The molecule has 1 atom stereocenters. The first kappa shape index (κ1) is 19.8. The Morgan fingerprint density at radius 3 is 2.60 bits per heavy atom. The lowest BCUT2D eigenvalue weighted by molar-refractivity contribution is -0.139. The number of hydrogen-bond acceptors (Lipinski definition) is 3. The summed E-state index contributed by atoms with van der Waals surface area (Å²) in [7, 11) is 1.99. The van der Waals surface area contributed by atoms with Gasteiger partial charge >= 0.3 is 0 Å². The molecule has 1 fully saturated rings. The molecule has 1 aliphatic heterocycles. The summed E-state index contributed by atoms with van der Waals surface area (Å²) >= 11 is 0. The molecule has 0 saturated carbocycles. The monoisotopic (exact) mass is 346 g/mol. The molecule has 0 bridgehead atoms. The quantitative estimate of drug-likeness (QED) is 0.856. The van der Waals surface area contributed by atoms with Crippen molar-refractivity contribution in [3.63, 3.8) is 0 Å². The Morgan fingerprint density at radius 2 is 2.00 bits per heavy atom. The number of piperidine rings is 1. The van der Waals surface area contributed by atoms with Crippen LogP contribution in [-0.2, 0) is 10.2 Å². The van der Waals surface area contributed by atoms with Crippen molar-refractivity contribution < 1.29 is 9.53 Å². The molecule has 1 heterocycles. The van der Waals surface area contributed by atoms with Crippen molar-refractivity contribution in [1.29, 1.82) is 0 Å². The van der Waals surface area contributed by atoms with Gasteiger partial charge in [0.15, 0.2) is 6.10 Å². The maximum atomic E-state index is 12.7. The van der Waals surface area contributed by atoms with E-state index in [0.717, 1.165) is 44.1 Å². The van der Waals surface area contributed by atoms with Gasteiger partial charge in [0.2, 0.25) is 0 Å². The fourth-order valence-electron chi connectivity index (χ4n) is 3.34. The van der Waals surface area contributed by atoms with Crippen LogP contribution in [0.15, 0.2) is 24.3 Å². The number of amides is 1. The van der Waals surface area contributed by atoms with Gasteiger partial charge in [0.25, 0.3) is 5.91 Å². The highest BCUT2D eigenvalue weighted by Gasteiger charge is 2.27. The molecular weight excluding hydrogens is 312 g/mol. The first-order chi connectivity index (χ1) is 11.8. The molecule has 0 aliphatic carbocycles. The minimum absolute atomic E-state index is 0.0713. The van der Waals surface area contributed by atoms with E-state index in [1.807, 2.05) is 37.1 Å². The summed E-state index contributed by atoms with van der Waals surface area (Å²) < 4.78 is 5.96. The van der Waals surface area contributed by atoms with Crippen LogP contribution in [0.5, 0.6) is 5.75 Å². The van der Waals surface area contributed by atoms with Crippen LogP contribution in [0.4, 0.5) is 0 Å². The van der Waals surface area contributed by atoms with Crippen LogP contribution in [0.1, 0.15) is 52.5 Å². The zero-order valence-electron chi connectivity index (χ0n) is 16.5. The van der Waals surface area contributed by atoms with Gasteiger partial charge in [0.05, 0.1) is 0 Å². The minimum Gasteiger partial charge on any atom is -0.481 e. The first-order valence-electron chi connectivity index (χ1n) is 9.52. The second-order valence-electron chi connectivity index (χ2n) is 8.20. The zero-order valence-corrected chi connectivity index (χ0v) is 16.5. The molecule has 1 N–H and O–H groups in total. The van der Waals surface area contributed by atoms with Crippen molar-refractivity contribution in [2.45, 2.75) is 58.5 Å². The van der Waals surface area contributed by atoms with Crippen molar-refractivity contribution in [3.05, 3.63) is 29.8 Å². The van der Waals surface area contributed by atoms with E-state index in [1.54, 1.807) is 0 Å². The molecule has 1 aliphatic rings. The Labute approximate surface area is 152 Å². The molecule has 4 nitrogen and oxygen atoms in total. The van der Waals surface area contributed by atoms with Gasteiger partial charge in [-0.25, -0.2) is 0 Å². The van der Waals surface area contributed by atoms with Gasteiger partial charge in [-0.3, -0.25) is 4.79 Å². The van der Waals surface area contributed by atoms with E-state index < -0.39 is 6.10 Å². The van der Waals surface area contributed by atoms with Crippen LogP contribution < -0.4 is 10.1 Å². The lowest BCUT2D eigenvalue weighted by Crippen LogP contribution is -2.45. The summed E-state index contributed by atoms with van der Waals surface area (Å²) in [6, 6.07) is 8.09. The van der Waals surface area contributed by atoms with Gasteiger partial charge in [-0.1, -0.05) is 32.9 Å². The van der Waals surface area contributed by atoms with Gasteiger partial charge in [-0.15, -0.1) is 0 Å². The molecule has 1 unspecified atom stereocenters. The van der Waals surface area contributed by atoms with Crippen molar-refractivity contribution in [2.75, 3.05) is 26.7 Å². The number of nitrogens with zero attached hydrogens (tertiary/aromatic N) is 1. The average molecular weight is 347 g/mol. The third-order valence-corrected chi connectivity index (χ3v) is 5.09. The van der Waals surface area contributed by atoms with E-state index in [2.05, 4.69) is 32.2 Å². The largest absolute Gasteiger partial charge is 0.481 e. The second-order valence-corrected chi connectivity index (χ2v) is 8.20. The fraction of sp³-hybridized carbons (Fsp3) is 0.667. The van der Waals surface area contributed by atoms with E-state index in [1.165, 1.54) is 12.0 Å². The molecule has 1 amide bonds. The molecule has 0 spiro atoms. The number of rotatable bonds is 6. The Hall–Kier alpha value is -1.55. The maximum Gasteiger partial charge on any atom is 0.263 e. The number of carbonyl (C=O) groups excluding carboxylic acids is 1. The Morgan fingerprint density at radius 1 is 1.32 bits per heavy atom. The van der Waals surface area contributed by atoms with E-state index >= 15 is 0 Å². The summed E-state index contributed by atoms with van der Waals surface area (Å²) in [6.45, 7) is 11.2. The Kier molecular flexibility index (Phi) is 6.88. The highest BCUT2D eigenvalue weighted by Crippen LogP contribution is 2.26. The van der Waals surface area contributed by atoms with Crippen molar-refractivity contribution in [1.82, 2.24) is 10.2 Å². The Balaban J connectivity index is 1.89. The lowest BCUT2D eigenvalue weighted by Gasteiger charge is -2.33. The van der Waals surface area contributed by atoms with Crippen LogP contribution in [-0.4, -0.2) is 43.6 Å². The summed E-state index contributed by atoms with van der Waals surface area (Å²) in [6.07, 6.45) is 2.95. The highest BCUT2D eigenvalue weighted by molar-refractivity contribution is 5.81. The number of nitrogens with one attached hydrogen (secondary N) is 1. The van der Waals surface area contributed by atoms with Gasteiger partial charge in [-0.2, -0.15) is 0 Å². The number of hydrogen-bond donors (Lipinski definition) is 1. The smallest absolute Gasteiger partial charge is 0.263 e. The number of carbonyl (C=O) groups is 1. The SMILES string of the molecule is CNCCC1CCN(C(=O)C(C)Oc2cccc(C(C)(C)C)c2)CC1.